The van der Waals surface area contributed by atoms with E-state index in [1.54, 1.807) is 0 Å². The maximum absolute atomic E-state index is 10.4. The lowest BCUT2D eigenvalue weighted by molar-refractivity contribution is -0.255. The first-order valence-electron chi connectivity index (χ1n) is 3.79. The zero-order valence-electron chi connectivity index (χ0n) is 7.04. The number of aromatic carboxylic acids is 1. The van der Waals surface area contributed by atoms with Gasteiger partial charge in [-0.3, -0.25) is 0 Å². The molecule has 0 N–H and O–H groups in total. The lowest BCUT2D eigenvalue weighted by atomic mass is 10.2. The van der Waals surface area contributed by atoms with Gasteiger partial charge < -0.3 is 14.6 Å². The van der Waals surface area contributed by atoms with Crippen LogP contribution in [0.4, 0.5) is 0 Å². The second-order valence-corrected chi connectivity index (χ2v) is 2.77. The summed E-state index contributed by atoms with van der Waals surface area (Å²) < 4.78 is 5.13. The van der Waals surface area contributed by atoms with E-state index in [1.807, 2.05) is 6.92 Å². The molecule has 0 radical (unpaired) electrons. The summed E-state index contributed by atoms with van der Waals surface area (Å²) >= 11 is 5.74. The van der Waals surface area contributed by atoms with Gasteiger partial charge in [0, 0.05) is 0 Å². The molecular weight excluding hydrogens is 192 g/mol. The predicted octanol–water partition coefficient (Wildman–Crippen LogP) is 1.10. The Morgan fingerprint density at radius 1 is 1.62 bits per heavy atom. The predicted molar refractivity (Wildman–Crippen MR) is 47.0 cm³/mol. The Morgan fingerprint density at radius 2 is 2.31 bits per heavy atom. The van der Waals surface area contributed by atoms with E-state index in [1.165, 1.54) is 18.2 Å². The third-order valence-corrected chi connectivity index (χ3v) is 1.76. The number of hydrogen-bond acceptors (Lipinski definition) is 3. The van der Waals surface area contributed by atoms with E-state index in [4.69, 9.17) is 16.3 Å². The molecule has 0 saturated heterocycles. The first-order valence-corrected chi connectivity index (χ1v) is 4.16. The summed E-state index contributed by atoms with van der Waals surface area (Å²) in [5.41, 5.74) is 0.0495. The molecule has 3 nitrogen and oxygen atoms in total. The van der Waals surface area contributed by atoms with Crippen LogP contribution in [-0.4, -0.2) is 12.6 Å². The van der Waals surface area contributed by atoms with E-state index in [0.717, 1.165) is 0 Å². The van der Waals surface area contributed by atoms with E-state index in [2.05, 4.69) is 0 Å². The van der Waals surface area contributed by atoms with Gasteiger partial charge in [-0.15, -0.1) is 0 Å². The van der Waals surface area contributed by atoms with Crippen LogP contribution in [0.5, 0.6) is 5.75 Å². The maximum atomic E-state index is 10.4. The summed E-state index contributed by atoms with van der Waals surface area (Å²) in [6, 6.07) is 4.21. The molecule has 70 valence electrons. The van der Waals surface area contributed by atoms with E-state index in [0.29, 0.717) is 12.4 Å². The van der Waals surface area contributed by atoms with Crippen molar-refractivity contribution in [2.75, 3.05) is 6.61 Å². The highest BCUT2D eigenvalue weighted by Crippen LogP contribution is 2.24. The molecule has 1 aromatic rings. The van der Waals surface area contributed by atoms with Crippen molar-refractivity contribution in [2.45, 2.75) is 6.92 Å². The highest BCUT2D eigenvalue weighted by molar-refractivity contribution is 6.32. The number of hydrogen-bond donors (Lipinski definition) is 0. The number of ether oxygens (including phenoxy) is 1. The van der Waals surface area contributed by atoms with Crippen molar-refractivity contribution in [1.29, 1.82) is 0 Å². The van der Waals surface area contributed by atoms with Gasteiger partial charge in [-0.2, -0.15) is 0 Å². The van der Waals surface area contributed by atoms with Gasteiger partial charge in [0.15, 0.2) is 0 Å². The molecule has 0 spiro atoms. The number of rotatable bonds is 3. The minimum Gasteiger partial charge on any atom is -0.545 e. The zero-order chi connectivity index (χ0) is 9.84. The van der Waals surface area contributed by atoms with Crippen LogP contribution in [0.1, 0.15) is 17.3 Å². The van der Waals surface area contributed by atoms with Gasteiger partial charge in [0.2, 0.25) is 0 Å². The molecule has 13 heavy (non-hydrogen) atoms. The molecule has 0 amide bonds. The lowest BCUT2D eigenvalue weighted by Gasteiger charge is -2.07. The molecule has 0 aliphatic rings. The fourth-order valence-electron chi connectivity index (χ4n) is 0.900. The average Bonchev–Trinajstić information content (AvgIpc) is 2.08. The van der Waals surface area contributed by atoms with Crippen LogP contribution in [0.3, 0.4) is 0 Å². The Morgan fingerprint density at radius 3 is 2.77 bits per heavy atom. The van der Waals surface area contributed by atoms with Gasteiger partial charge in [-0.05, 0) is 30.7 Å². The van der Waals surface area contributed by atoms with Crippen molar-refractivity contribution >= 4 is 17.6 Å². The highest BCUT2D eigenvalue weighted by Gasteiger charge is 2.02. The van der Waals surface area contributed by atoms with Crippen LogP contribution in [0, 0.1) is 0 Å². The highest BCUT2D eigenvalue weighted by atomic mass is 35.5. The Labute approximate surface area is 80.9 Å². The SMILES string of the molecule is CCOc1ccc(C(=O)[O-])cc1Cl. The normalized spacial score (nSPS) is 9.69. The quantitative estimate of drug-likeness (QED) is 0.733. The zero-order valence-corrected chi connectivity index (χ0v) is 7.80. The fraction of sp³-hybridized carbons (Fsp3) is 0.222. The van der Waals surface area contributed by atoms with Gasteiger partial charge in [0.25, 0.3) is 0 Å². The van der Waals surface area contributed by atoms with Crippen LogP contribution >= 0.6 is 11.6 Å². The Bertz CT molecular complexity index is 323. The first-order chi connectivity index (χ1) is 6.15. The van der Waals surface area contributed by atoms with Crippen LogP contribution in [0.2, 0.25) is 5.02 Å². The number of carbonyl (C=O) groups is 1. The number of halogens is 1. The third-order valence-electron chi connectivity index (χ3n) is 1.47. The summed E-state index contributed by atoms with van der Waals surface area (Å²) in [6.45, 7) is 2.31. The molecule has 0 saturated carbocycles. The van der Waals surface area contributed by atoms with E-state index in [-0.39, 0.29) is 10.6 Å². The topological polar surface area (TPSA) is 49.4 Å². The molecule has 4 heteroatoms. The number of carboxylic acids is 1. The first kappa shape index (κ1) is 9.86. The molecule has 0 aromatic heterocycles. The number of carboxylic acid groups (broad SMARTS) is 1. The number of benzene rings is 1. The van der Waals surface area contributed by atoms with Crippen molar-refractivity contribution in [3.05, 3.63) is 28.8 Å². The smallest absolute Gasteiger partial charge is 0.137 e. The summed E-state index contributed by atoms with van der Waals surface area (Å²) in [7, 11) is 0. The van der Waals surface area contributed by atoms with E-state index >= 15 is 0 Å². The summed E-state index contributed by atoms with van der Waals surface area (Å²) in [5.74, 6) is -0.765. The monoisotopic (exact) mass is 199 g/mol. The van der Waals surface area contributed by atoms with Gasteiger partial charge in [-0.25, -0.2) is 0 Å². The minimum atomic E-state index is -1.25. The molecule has 0 unspecified atom stereocenters. The molecule has 0 aliphatic heterocycles. The van der Waals surface area contributed by atoms with Gasteiger partial charge in [0.05, 0.1) is 17.6 Å². The van der Waals surface area contributed by atoms with Crippen molar-refractivity contribution in [3.63, 3.8) is 0 Å². The summed E-state index contributed by atoms with van der Waals surface area (Å²) in [6.07, 6.45) is 0. The Balaban J connectivity index is 2.98. The Kier molecular flexibility index (Phi) is 3.14. The van der Waals surface area contributed by atoms with Crippen molar-refractivity contribution < 1.29 is 14.6 Å². The van der Waals surface area contributed by atoms with Gasteiger partial charge in [-0.1, -0.05) is 11.6 Å². The minimum absolute atomic E-state index is 0.0495. The van der Waals surface area contributed by atoms with Crippen LogP contribution < -0.4 is 9.84 Å². The molecule has 0 atom stereocenters. The largest absolute Gasteiger partial charge is 0.545 e. The lowest BCUT2D eigenvalue weighted by Crippen LogP contribution is -2.22. The van der Waals surface area contributed by atoms with Crippen LogP contribution in [0.15, 0.2) is 18.2 Å². The van der Waals surface area contributed by atoms with E-state index in [9.17, 15) is 9.90 Å². The number of carbonyl (C=O) groups excluding carboxylic acids is 1. The molecule has 1 rings (SSSR count). The molecule has 0 bridgehead atoms. The molecular formula is C9H8ClO3-. The van der Waals surface area contributed by atoms with Crippen molar-refractivity contribution in [2.24, 2.45) is 0 Å². The fourth-order valence-corrected chi connectivity index (χ4v) is 1.14. The molecule has 1 aromatic carbocycles. The standard InChI is InChI=1S/C9H9ClO3/c1-2-13-8-4-3-6(9(11)12)5-7(8)10/h3-5H,2H2,1H3,(H,11,12)/p-1. The van der Waals surface area contributed by atoms with Gasteiger partial charge in [0.1, 0.15) is 5.75 Å². The second-order valence-electron chi connectivity index (χ2n) is 2.37. The van der Waals surface area contributed by atoms with Crippen LogP contribution in [0.25, 0.3) is 0 Å². The van der Waals surface area contributed by atoms with Crippen molar-refractivity contribution in [1.82, 2.24) is 0 Å². The van der Waals surface area contributed by atoms with E-state index < -0.39 is 5.97 Å². The average molecular weight is 200 g/mol. The van der Waals surface area contributed by atoms with Gasteiger partial charge >= 0.3 is 0 Å². The third kappa shape index (κ3) is 2.36. The van der Waals surface area contributed by atoms with Crippen LogP contribution in [-0.2, 0) is 0 Å². The maximum Gasteiger partial charge on any atom is 0.137 e. The molecule has 0 heterocycles. The molecule has 0 aliphatic carbocycles. The second kappa shape index (κ2) is 4.14. The summed E-state index contributed by atoms with van der Waals surface area (Å²) in [5, 5.41) is 10.7. The Hall–Kier alpha value is -1.22. The van der Waals surface area contributed by atoms with Crippen molar-refractivity contribution in [3.8, 4) is 5.75 Å². The molecule has 0 fully saturated rings. The summed E-state index contributed by atoms with van der Waals surface area (Å²) in [4.78, 5) is 10.4.